The van der Waals surface area contributed by atoms with Crippen molar-refractivity contribution in [3.63, 3.8) is 0 Å². The van der Waals surface area contributed by atoms with Gasteiger partial charge in [0.1, 0.15) is 5.78 Å². The molecule has 18 heavy (non-hydrogen) atoms. The minimum Gasteiger partial charge on any atom is -0.300 e. The first-order chi connectivity index (χ1) is 8.28. The fourth-order valence-electron chi connectivity index (χ4n) is 3.19. The van der Waals surface area contributed by atoms with E-state index in [9.17, 15) is 4.79 Å². The number of benzene rings is 1. The third-order valence-electron chi connectivity index (χ3n) is 4.17. The van der Waals surface area contributed by atoms with Crippen LogP contribution in [0.2, 0.25) is 19.6 Å². The van der Waals surface area contributed by atoms with Gasteiger partial charge in [-0.1, -0.05) is 43.9 Å². The molecule has 0 aromatic heterocycles. The lowest BCUT2D eigenvalue weighted by molar-refractivity contribution is -0.121. The molecule has 0 radical (unpaired) electrons. The number of aryl methyl sites for hydroxylation is 1. The van der Waals surface area contributed by atoms with Crippen LogP contribution in [0.15, 0.2) is 24.3 Å². The van der Waals surface area contributed by atoms with Crippen LogP contribution in [0, 0.1) is 5.92 Å². The second-order valence-corrected chi connectivity index (χ2v) is 12.5. The van der Waals surface area contributed by atoms with Crippen LogP contribution in [0.1, 0.15) is 24.5 Å². The van der Waals surface area contributed by atoms with Crippen molar-refractivity contribution in [2.24, 2.45) is 5.92 Å². The van der Waals surface area contributed by atoms with Gasteiger partial charge in [0.2, 0.25) is 0 Å². The van der Waals surface area contributed by atoms with Crippen molar-refractivity contribution in [1.29, 1.82) is 0 Å². The molecule has 1 aromatic rings. The average Bonchev–Trinajstić information content (AvgIpc) is 2.27. The van der Waals surface area contributed by atoms with Crippen molar-refractivity contribution in [3.05, 3.63) is 35.4 Å². The zero-order valence-corrected chi connectivity index (χ0v) is 13.3. The summed E-state index contributed by atoms with van der Waals surface area (Å²) >= 11 is 7.08. The number of hydrogen-bond acceptors (Lipinski definition) is 1. The Morgan fingerprint density at radius 3 is 2.50 bits per heavy atom. The topological polar surface area (TPSA) is 17.1 Å². The number of carbonyl (C=O) groups excluding carboxylic acids is 1. The maximum Gasteiger partial charge on any atom is 0.134 e. The van der Waals surface area contributed by atoms with Crippen LogP contribution in [-0.2, 0) is 15.7 Å². The number of Topliss-reactive ketones (excluding diaryl/α,β-unsaturated/α-hetero) is 1. The summed E-state index contributed by atoms with van der Waals surface area (Å²) in [6.45, 7) is 8.48. The molecule has 2 atom stereocenters. The minimum atomic E-state index is -1.71. The van der Waals surface area contributed by atoms with Crippen LogP contribution in [0.5, 0.6) is 0 Å². The zero-order valence-electron chi connectivity index (χ0n) is 11.6. The zero-order chi connectivity index (χ0) is 13.6. The number of alkyl halides is 1. The Morgan fingerprint density at radius 1 is 1.33 bits per heavy atom. The van der Waals surface area contributed by atoms with Gasteiger partial charge in [0.15, 0.2) is 0 Å². The molecule has 0 saturated carbocycles. The monoisotopic (exact) mass is 280 g/mol. The van der Waals surface area contributed by atoms with E-state index in [4.69, 9.17) is 11.6 Å². The Kier molecular flexibility index (Phi) is 3.45. The number of fused-ring (bicyclic) bond motifs is 1. The highest BCUT2D eigenvalue weighted by molar-refractivity contribution is 6.86. The van der Waals surface area contributed by atoms with E-state index in [1.807, 2.05) is 6.07 Å². The maximum absolute atomic E-state index is 12.0. The van der Waals surface area contributed by atoms with Crippen LogP contribution in [0.3, 0.4) is 0 Å². The Hall–Kier alpha value is -0.603. The van der Waals surface area contributed by atoms with Crippen molar-refractivity contribution in [2.75, 3.05) is 0 Å². The van der Waals surface area contributed by atoms with Crippen molar-refractivity contribution >= 4 is 25.5 Å². The lowest BCUT2D eigenvalue weighted by Gasteiger charge is -2.47. The first kappa shape index (κ1) is 13.8. The molecule has 0 heterocycles. The molecule has 0 aliphatic heterocycles. The number of halogens is 1. The molecular formula is C15H21ClOSi. The molecule has 0 fully saturated rings. The van der Waals surface area contributed by atoms with Gasteiger partial charge in [0.05, 0.1) is 12.6 Å². The quantitative estimate of drug-likeness (QED) is 0.587. The normalized spacial score (nSPS) is 27.7. The Bertz CT molecular complexity index is 478. The van der Waals surface area contributed by atoms with Crippen molar-refractivity contribution in [1.82, 2.24) is 0 Å². The summed E-state index contributed by atoms with van der Waals surface area (Å²) in [7, 11) is -1.71. The molecule has 0 N–H and O–H groups in total. The second kappa shape index (κ2) is 4.50. The van der Waals surface area contributed by atoms with E-state index < -0.39 is 12.6 Å². The number of hydrogen-bond donors (Lipinski definition) is 0. The summed E-state index contributed by atoms with van der Waals surface area (Å²) in [5.41, 5.74) is 2.53. The first-order valence-corrected chi connectivity index (χ1v) is 10.4. The van der Waals surface area contributed by atoms with Crippen LogP contribution in [0.25, 0.3) is 0 Å². The van der Waals surface area contributed by atoms with Gasteiger partial charge < -0.3 is 0 Å². The number of carbonyl (C=O) groups is 1. The van der Waals surface area contributed by atoms with Gasteiger partial charge in [-0.3, -0.25) is 4.79 Å². The van der Waals surface area contributed by atoms with Crippen LogP contribution >= 0.6 is 11.6 Å². The third kappa shape index (κ3) is 1.96. The van der Waals surface area contributed by atoms with Crippen LogP contribution in [0.4, 0.5) is 0 Å². The molecule has 0 bridgehead atoms. The molecule has 1 aromatic carbocycles. The van der Waals surface area contributed by atoms with E-state index in [-0.39, 0.29) is 11.7 Å². The first-order valence-electron chi connectivity index (χ1n) is 6.56. The van der Waals surface area contributed by atoms with Crippen molar-refractivity contribution < 1.29 is 4.79 Å². The van der Waals surface area contributed by atoms with Gasteiger partial charge in [0, 0.05) is 5.92 Å². The predicted octanol–water partition coefficient (Wildman–Crippen LogP) is 4.15. The molecule has 0 saturated heterocycles. The fourth-order valence-corrected chi connectivity index (χ4v) is 6.08. The standard InChI is InChI=1S/C15H21ClOSi/c1-11(17)13-10-9-12-7-5-6-8-14(12)15(13,16)18(2,3)4/h5-8,13H,9-10H2,1-4H3. The maximum atomic E-state index is 12.0. The van der Waals surface area contributed by atoms with Gasteiger partial charge in [0.25, 0.3) is 0 Å². The summed E-state index contributed by atoms with van der Waals surface area (Å²) in [5.74, 6) is 0.211. The third-order valence-corrected chi connectivity index (χ3v) is 9.14. The summed E-state index contributed by atoms with van der Waals surface area (Å²) in [6, 6.07) is 8.38. The van der Waals surface area contributed by atoms with Crippen molar-refractivity contribution in [3.8, 4) is 0 Å². The summed E-state index contributed by atoms with van der Waals surface area (Å²) in [6.07, 6.45) is 1.86. The van der Waals surface area contributed by atoms with Gasteiger partial charge in [-0.2, -0.15) is 0 Å². The van der Waals surface area contributed by atoms with Gasteiger partial charge in [-0.15, -0.1) is 11.6 Å². The van der Waals surface area contributed by atoms with E-state index >= 15 is 0 Å². The summed E-state index contributed by atoms with van der Waals surface area (Å²) in [5, 5.41) is 0. The largest absolute Gasteiger partial charge is 0.300 e. The molecule has 1 aliphatic rings. The molecule has 0 spiro atoms. The van der Waals surface area contributed by atoms with Crippen molar-refractivity contribution in [2.45, 2.75) is 43.9 Å². The average molecular weight is 281 g/mol. The highest BCUT2D eigenvalue weighted by atomic mass is 35.5. The lowest BCUT2D eigenvalue weighted by Crippen LogP contribution is -2.54. The molecule has 3 heteroatoms. The van der Waals surface area contributed by atoms with Crippen LogP contribution < -0.4 is 0 Å². The van der Waals surface area contributed by atoms with Gasteiger partial charge >= 0.3 is 0 Å². The smallest absolute Gasteiger partial charge is 0.134 e. The summed E-state index contributed by atoms with van der Waals surface area (Å²) in [4.78, 5) is 12.0. The minimum absolute atomic E-state index is 0.0271. The van der Waals surface area contributed by atoms with Gasteiger partial charge in [-0.05, 0) is 30.9 Å². The highest BCUT2D eigenvalue weighted by Gasteiger charge is 2.53. The molecule has 1 aliphatic carbocycles. The SMILES string of the molecule is CC(=O)C1CCc2ccccc2C1(Cl)[Si](C)(C)C. The van der Waals surface area contributed by atoms with E-state index in [1.165, 1.54) is 11.1 Å². The molecule has 0 amide bonds. The highest BCUT2D eigenvalue weighted by Crippen LogP contribution is 2.51. The molecule has 2 unspecified atom stereocenters. The number of rotatable bonds is 2. The second-order valence-electron chi connectivity index (χ2n) is 6.32. The molecular weight excluding hydrogens is 260 g/mol. The Labute approximate surface area is 116 Å². The van der Waals surface area contributed by atoms with E-state index in [0.717, 1.165) is 12.8 Å². The Balaban J connectivity index is 2.65. The van der Waals surface area contributed by atoms with E-state index in [2.05, 4.69) is 37.8 Å². The molecule has 1 nitrogen and oxygen atoms in total. The number of ketones is 1. The Morgan fingerprint density at radius 2 is 1.94 bits per heavy atom. The lowest BCUT2D eigenvalue weighted by atomic mass is 9.81. The van der Waals surface area contributed by atoms with Crippen LogP contribution in [-0.4, -0.2) is 13.9 Å². The predicted molar refractivity (Wildman–Crippen MR) is 79.8 cm³/mol. The van der Waals surface area contributed by atoms with Gasteiger partial charge in [-0.25, -0.2) is 0 Å². The molecule has 98 valence electrons. The fraction of sp³-hybridized carbons (Fsp3) is 0.533. The summed E-state index contributed by atoms with van der Waals surface area (Å²) < 4.78 is -0.451. The van der Waals surface area contributed by atoms with E-state index in [1.54, 1.807) is 6.92 Å². The van der Waals surface area contributed by atoms with E-state index in [0.29, 0.717) is 0 Å². The molecule has 2 rings (SSSR count).